The minimum absolute atomic E-state index is 0.0145. The van der Waals surface area contributed by atoms with Crippen LogP contribution in [0.1, 0.15) is 31.8 Å². The molecule has 10 heteroatoms. The fraction of sp³-hybridized carbons (Fsp3) is 0.133. The zero-order chi connectivity index (χ0) is 28.2. The largest absolute Gasteiger partial charge is 0.548 e. The topological polar surface area (TPSA) is 170 Å². The van der Waals surface area contributed by atoms with E-state index < -0.39 is 35.8 Å². The van der Waals surface area contributed by atoms with E-state index in [1.807, 2.05) is 48.5 Å². The molecule has 0 saturated heterocycles. The van der Waals surface area contributed by atoms with Crippen molar-refractivity contribution < 1.29 is 29.4 Å². The number of aromatic nitrogens is 2. The average molecular weight is 537 g/mol. The first-order valence-electron chi connectivity index (χ1n) is 12.5. The monoisotopic (exact) mass is 536 g/mol. The molecule has 2 amide bonds. The van der Waals surface area contributed by atoms with Crippen molar-refractivity contribution in [2.45, 2.75) is 24.9 Å². The van der Waals surface area contributed by atoms with E-state index >= 15 is 0 Å². The van der Waals surface area contributed by atoms with E-state index in [-0.39, 0.29) is 24.0 Å². The highest BCUT2D eigenvalue weighted by molar-refractivity contribution is 6.01. The van der Waals surface area contributed by atoms with Gasteiger partial charge < -0.3 is 40.4 Å². The Morgan fingerprint density at radius 1 is 0.625 bits per heavy atom. The first-order chi connectivity index (χ1) is 19.3. The summed E-state index contributed by atoms with van der Waals surface area (Å²) < 4.78 is 0. The van der Waals surface area contributed by atoms with Gasteiger partial charge >= 0.3 is 0 Å². The number of aromatic amines is 2. The number of H-pyrrole nitrogens is 2. The Kier molecular flexibility index (Phi) is 7.32. The van der Waals surface area contributed by atoms with E-state index in [0.29, 0.717) is 11.1 Å². The van der Waals surface area contributed by atoms with Crippen LogP contribution in [0.5, 0.6) is 0 Å². The zero-order valence-corrected chi connectivity index (χ0v) is 21.1. The summed E-state index contributed by atoms with van der Waals surface area (Å²) in [5.41, 5.74) is 3.11. The van der Waals surface area contributed by atoms with Crippen LogP contribution in [0.3, 0.4) is 0 Å². The summed E-state index contributed by atoms with van der Waals surface area (Å²) in [7, 11) is 0. The second kappa shape index (κ2) is 11.2. The first kappa shape index (κ1) is 26.2. The van der Waals surface area contributed by atoms with Gasteiger partial charge in [-0.25, -0.2) is 0 Å². The van der Waals surface area contributed by atoms with E-state index in [1.165, 1.54) is 24.3 Å². The molecule has 0 bridgehead atoms. The van der Waals surface area contributed by atoms with Gasteiger partial charge in [-0.05, 0) is 41.5 Å². The third-order valence-electron chi connectivity index (χ3n) is 6.76. The molecule has 2 atom stereocenters. The minimum Gasteiger partial charge on any atom is -0.548 e. The number of fused-ring (bicyclic) bond motifs is 2. The maximum Gasteiger partial charge on any atom is 0.251 e. The Bertz CT molecular complexity index is 1610. The zero-order valence-electron chi connectivity index (χ0n) is 21.1. The lowest BCUT2D eigenvalue weighted by Crippen LogP contribution is -2.49. The third kappa shape index (κ3) is 5.56. The van der Waals surface area contributed by atoms with Crippen molar-refractivity contribution in [3.63, 3.8) is 0 Å². The van der Waals surface area contributed by atoms with Crippen molar-refractivity contribution in [2.75, 3.05) is 0 Å². The van der Waals surface area contributed by atoms with Gasteiger partial charge in [0.05, 0.1) is 24.0 Å². The van der Waals surface area contributed by atoms with E-state index in [2.05, 4.69) is 20.6 Å². The summed E-state index contributed by atoms with van der Waals surface area (Å²) in [6.45, 7) is 0. The molecule has 10 nitrogen and oxygen atoms in total. The molecule has 0 spiro atoms. The lowest BCUT2D eigenvalue weighted by Gasteiger charge is -2.21. The Balaban J connectivity index is 1.28. The van der Waals surface area contributed by atoms with Gasteiger partial charge in [-0.1, -0.05) is 42.5 Å². The number of nitrogens with one attached hydrogen (secondary N) is 4. The van der Waals surface area contributed by atoms with Gasteiger partial charge in [-0.2, -0.15) is 0 Å². The number of rotatable bonds is 10. The molecule has 0 radical (unpaired) electrons. The summed E-state index contributed by atoms with van der Waals surface area (Å²) in [5.74, 6) is -4.36. The maximum atomic E-state index is 12.9. The fourth-order valence-electron chi connectivity index (χ4n) is 4.71. The molecule has 202 valence electrons. The molecule has 0 unspecified atom stereocenters. The second-order valence-corrected chi connectivity index (χ2v) is 9.40. The molecule has 0 fully saturated rings. The predicted molar refractivity (Wildman–Crippen MR) is 143 cm³/mol. The minimum atomic E-state index is -1.46. The van der Waals surface area contributed by atoms with E-state index in [4.69, 9.17) is 0 Å². The van der Waals surface area contributed by atoms with Crippen LogP contribution in [0.25, 0.3) is 21.8 Å². The molecule has 0 aliphatic heterocycles. The SMILES string of the molecule is O=C(N[C@@H](Cc1c[nH]c2ccccc12)C(=O)[O-])c1cccc(C(=O)N[C@H](Cc2c[nH]c3ccccc23)C(=O)[O-])c1. The molecule has 40 heavy (non-hydrogen) atoms. The maximum absolute atomic E-state index is 12.9. The van der Waals surface area contributed by atoms with Crippen LogP contribution in [0.2, 0.25) is 0 Å². The van der Waals surface area contributed by atoms with Gasteiger partial charge in [-0.15, -0.1) is 0 Å². The Morgan fingerprint density at radius 3 is 1.48 bits per heavy atom. The molecule has 0 saturated carbocycles. The van der Waals surface area contributed by atoms with Crippen LogP contribution in [-0.2, 0) is 22.4 Å². The summed E-state index contributed by atoms with van der Waals surface area (Å²) >= 11 is 0. The van der Waals surface area contributed by atoms with Crippen LogP contribution in [0, 0.1) is 0 Å². The average Bonchev–Trinajstić information content (AvgIpc) is 3.56. The molecule has 2 heterocycles. The molecule has 0 aliphatic carbocycles. The van der Waals surface area contributed by atoms with Crippen molar-refractivity contribution in [3.8, 4) is 0 Å². The molecule has 5 rings (SSSR count). The number of benzene rings is 3. The summed E-state index contributed by atoms with van der Waals surface area (Å²) in [6, 6.07) is 17.6. The van der Waals surface area contributed by atoms with Gasteiger partial charge in [-0.3, -0.25) is 9.59 Å². The Morgan fingerprint density at radius 2 is 1.05 bits per heavy atom. The van der Waals surface area contributed by atoms with Gasteiger partial charge in [0, 0.05) is 58.2 Å². The van der Waals surface area contributed by atoms with E-state index in [9.17, 15) is 29.4 Å². The van der Waals surface area contributed by atoms with Crippen LogP contribution in [-0.4, -0.2) is 45.8 Å². The smallest absolute Gasteiger partial charge is 0.251 e. The van der Waals surface area contributed by atoms with Crippen molar-refractivity contribution in [1.82, 2.24) is 20.6 Å². The number of para-hydroxylation sites is 2. The lowest BCUT2D eigenvalue weighted by atomic mass is 10.0. The summed E-state index contributed by atoms with van der Waals surface area (Å²) in [4.78, 5) is 55.7. The standard InChI is InChI=1S/C30H26N4O6/c35-27(33-25(29(37)38)13-19-15-31-23-10-3-1-8-21(19)23)17-6-5-7-18(12-17)28(36)34-26(30(39)40)14-20-16-32-24-11-4-2-9-22(20)24/h1-12,15-16,25-26,31-32H,13-14H2,(H,33,35)(H,34,36)(H,37,38)(H,39,40)/p-2/t25-,26+. The summed E-state index contributed by atoms with van der Waals surface area (Å²) in [6.07, 6.45) is 3.34. The molecular formula is C30H24N4O6-2. The fourth-order valence-corrected chi connectivity index (χ4v) is 4.71. The van der Waals surface area contributed by atoms with Gasteiger partial charge in [0.25, 0.3) is 11.8 Å². The highest BCUT2D eigenvalue weighted by Crippen LogP contribution is 2.20. The van der Waals surface area contributed by atoms with Crippen molar-refractivity contribution in [2.24, 2.45) is 0 Å². The highest BCUT2D eigenvalue weighted by Gasteiger charge is 2.20. The predicted octanol–water partition coefficient (Wildman–Crippen LogP) is 0.831. The lowest BCUT2D eigenvalue weighted by molar-refractivity contribution is -0.309. The quantitative estimate of drug-likeness (QED) is 0.206. The van der Waals surface area contributed by atoms with Gasteiger partial charge in [0.1, 0.15) is 0 Å². The number of aliphatic carboxylic acids is 2. The van der Waals surface area contributed by atoms with E-state index in [1.54, 1.807) is 12.4 Å². The van der Waals surface area contributed by atoms with Crippen LogP contribution in [0.4, 0.5) is 0 Å². The number of carbonyl (C=O) groups is 4. The number of carbonyl (C=O) groups excluding carboxylic acids is 4. The Labute approximate surface area is 228 Å². The third-order valence-corrected chi connectivity index (χ3v) is 6.76. The van der Waals surface area contributed by atoms with Gasteiger partial charge in [0.15, 0.2) is 0 Å². The molecule has 5 aromatic rings. The normalized spacial score (nSPS) is 12.6. The van der Waals surface area contributed by atoms with Crippen molar-refractivity contribution in [1.29, 1.82) is 0 Å². The van der Waals surface area contributed by atoms with Crippen LogP contribution >= 0.6 is 0 Å². The molecule has 4 N–H and O–H groups in total. The molecule has 2 aromatic heterocycles. The first-order valence-corrected chi connectivity index (χ1v) is 12.5. The van der Waals surface area contributed by atoms with Crippen molar-refractivity contribution >= 4 is 45.6 Å². The van der Waals surface area contributed by atoms with Crippen molar-refractivity contribution in [3.05, 3.63) is 107 Å². The second-order valence-electron chi connectivity index (χ2n) is 9.40. The number of amides is 2. The van der Waals surface area contributed by atoms with Gasteiger partial charge in [0.2, 0.25) is 0 Å². The number of hydrogen-bond donors (Lipinski definition) is 4. The van der Waals surface area contributed by atoms with Crippen LogP contribution < -0.4 is 20.8 Å². The molecule has 0 aliphatic rings. The number of carboxylic acid groups (broad SMARTS) is 2. The van der Waals surface area contributed by atoms with E-state index in [0.717, 1.165) is 21.8 Å². The Hall–Kier alpha value is -5.38. The summed E-state index contributed by atoms with van der Waals surface area (Å²) in [5, 5.41) is 30.2. The highest BCUT2D eigenvalue weighted by atomic mass is 16.4. The number of hydrogen-bond acceptors (Lipinski definition) is 6. The molecule has 3 aromatic carbocycles. The van der Waals surface area contributed by atoms with Crippen LogP contribution in [0.15, 0.2) is 85.2 Å². The molecular weight excluding hydrogens is 512 g/mol. The number of carboxylic acids is 2.